The van der Waals surface area contributed by atoms with Crippen LogP contribution in [0.25, 0.3) is 0 Å². The molecule has 0 unspecified atom stereocenters. The fourth-order valence-electron chi connectivity index (χ4n) is 1.87. The lowest BCUT2D eigenvalue weighted by Gasteiger charge is -2.35. The molecule has 2 N–H and O–H groups in total. The zero-order chi connectivity index (χ0) is 10.8. The van der Waals surface area contributed by atoms with Crippen LogP contribution in [-0.4, -0.2) is 35.5 Å². The first-order chi connectivity index (χ1) is 7.15. The van der Waals surface area contributed by atoms with E-state index in [0.717, 1.165) is 18.9 Å². The van der Waals surface area contributed by atoms with Crippen molar-refractivity contribution in [3.05, 3.63) is 12.1 Å². The molecule has 1 aliphatic rings. The Morgan fingerprint density at radius 2 is 1.93 bits per heavy atom. The van der Waals surface area contributed by atoms with Crippen LogP contribution in [0.4, 0.5) is 11.6 Å². The Balaban J connectivity index is 2.12. The van der Waals surface area contributed by atoms with Crippen molar-refractivity contribution in [2.24, 2.45) is 0 Å². The molecule has 0 aliphatic carbocycles. The smallest absolute Gasteiger partial charge is 0.151 e. The first kappa shape index (κ1) is 10.2. The van der Waals surface area contributed by atoms with E-state index in [9.17, 15) is 0 Å². The van der Waals surface area contributed by atoms with Crippen molar-refractivity contribution in [2.45, 2.75) is 26.1 Å². The number of aromatic nitrogens is 2. The molecule has 0 aromatic carbocycles. The highest BCUT2D eigenvalue weighted by molar-refractivity contribution is 5.41. The van der Waals surface area contributed by atoms with Crippen molar-refractivity contribution >= 4 is 11.6 Å². The number of nitrogens with zero attached hydrogens (tertiary/aromatic N) is 3. The van der Waals surface area contributed by atoms with Gasteiger partial charge in [-0.2, -0.15) is 0 Å². The summed E-state index contributed by atoms with van der Waals surface area (Å²) in [6.45, 7) is 5.83. The molecule has 2 heterocycles. The molecular formula is C10H16N4O. The van der Waals surface area contributed by atoms with Crippen LogP contribution in [0.1, 0.15) is 13.8 Å². The van der Waals surface area contributed by atoms with Gasteiger partial charge in [-0.05, 0) is 26.0 Å². The van der Waals surface area contributed by atoms with Crippen molar-refractivity contribution in [1.29, 1.82) is 0 Å². The van der Waals surface area contributed by atoms with Crippen molar-refractivity contribution in [3.63, 3.8) is 0 Å². The number of rotatable bonds is 1. The maximum Gasteiger partial charge on any atom is 0.151 e. The molecule has 1 aromatic heterocycles. The molecule has 1 saturated heterocycles. The van der Waals surface area contributed by atoms with Crippen LogP contribution in [0.3, 0.4) is 0 Å². The standard InChI is InChI=1S/C10H16N4O/c1-7-5-14(6-8(2)15-7)10-4-3-9(11)12-13-10/h3-4,7-8H,5-6H2,1-2H3,(H2,11,12)/t7-,8+. The number of anilines is 2. The minimum absolute atomic E-state index is 0.230. The van der Waals surface area contributed by atoms with Gasteiger partial charge in [0.15, 0.2) is 5.82 Å². The Hall–Kier alpha value is -1.36. The number of hydrogen-bond acceptors (Lipinski definition) is 5. The summed E-state index contributed by atoms with van der Waals surface area (Å²) in [5, 5.41) is 7.92. The molecule has 0 bridgehead atoms. The van der Waals surface area contributed by atoms with Gasteiger partial charge in [-0.1, -0.05) is 0 Å². The summed E-state index contributed by atoms with van der Waals surface area (Å²) in [5.74, 6) is 1.32. The molecule has 1 fully saturated rings. The normalized spacial score (nSPS) is 26.7. The highest BCUT2D eigenvalue weighted by atomic mass is 16.5. The largest absolute Gasteiger partial charge is 0.382 e. The third kappa shape index (κ3) is 2.36. The van der Waals surface area contributed by atoms with Crippen LogP contribution in [-0.2, 0) is 4.74 Å². The zero-order valence-corrected chi connectivity index (χ0v) is 9.05. The highest BCUT2D eigenvalue weighted by Gasteiger charge is 2.23. The Morgan fingerprint density at radius 3 is 2.47 bits per heavy atom. The molecule has 5 heteroatoms. The van der Waals surface area contributed by atoms with Crippen molar-refractivity contribution < 1.29 is 4.74 Å². The van der Waals surface area contributed by atoms with E-state index < -0.39 is 0 Å². The summed E-state index contributed by atoms with van der Waals surface area (Å²) in [6.07, 6.45) is 0.459. The second-order valence-electron chi connectivity index (χ2n) is 3.98. The molecule has 15 heavy (non-hydrogen) atoms. The predicted molar refractivity (Wildman–Crippen MR) is 58.7 cm³/mol. The van der Waals surface area contributed by atoms with E-state index in [1.54, 1.807) is 6.07 Å². The molecule has 1 aromatic rings. The van der Waals surface area contributed by atoms with Crippen molar-refractivity contribution in [3.8, 4) is 0 Å². The second-order valence-corrected chi connectivity index (χ2v) is 3.98. The van der Waals surface area contributed by atoms with E-state index in [4.69, 9.17) is 10.5 Å². The van der Waals surface area contributed by atoms with Crippen LogP contribution in [0.5, 0.6) is 0 Å². The zero-order valence-electron chi connectivity index (χ0n) is 9.05. The molecule has 0 radical (unpaired) electrons. The van der Waals surface area contributed by atoms with E-state index in [1.807, 2.05) is 6.07 Å². The number of morpholine rings is 1. The van der Waals surface area contributed by atoms with E-state index in [-0.39, 0.29) is 12.2 Å². The molecule has 0 spiro atoms. The van der Waals surface area contributed by atoms with Crippen LogP contribution in [0, 0.1) is 0 Å². The monoisotopic (exact) mass is 208 g/mol. The lowest BCUT2D eigenvalue weighted by atomic mass is 10.2. The maximum atomic E-state index is 5.65. The van der Waals surface area contributed by atoms with Crippen molar-refractivity contribution in [2.75, 3.05) is 23.7 Å². The SMILES string of the molecule is C[C@@H]1CN(c2ccc(N)nn2)C[C@H](C)O1. The van der Waals surface area contributed by atoms with E-state index in [0.29, 0.717) is 5.82 Å². The molecule has 82 valence electrons. The van der Waals surface area contributed by atoms with Gasteiger partial charge in [-0.25, -0.2) is 0 Å². The Kier molecular flexibility index (Phi) is 2.73. The van der Waals surface area contributed by atoms with Gasteiger partial charge in [0.1, 0.15) is 5.82 Å². The summed E-state index contributed by atoms with van der Waals surface area (Å²) < 4.78 is 5.65. The fourth-order valence-corrected chi connectivity index (χ4v) is 1.87. The van der Waals surface area contributed by atoms with Gasteiger partial charge in [-0.3, -0.25) is 0 Å². The fraction of sp³-hybridized carbons (Fsp3) is 0.600. The van der Waals surface area contributed by atoms with Gasteiger partial charge in [0.2, 0.25) is 0 Å². The minimum Gasteiger partial charge on any atom is -0.382 e. The number of nitrogens with two attached hydrogens (primary N) is 1. The van der Waals surface area contributed by atoms with E-state index in [2.05, 4.69) is 28.9 Å². The first-order valence-electron chi connectivity index (χ1n) is 5.15. The Bertz CT molecular complexity index is 317. The molecular weight excluding hydrogens is 192 g/mol. The molecule has 0 amide bonds. The lowest BCUT2D eigenvalue weighted by Crippen LogP contribution is -2.45. The van der Waals surface area contributed by atoms with Crippen molar-refractivity contribution in [1.82, 2.24) is 10.2 Å². The van der Waals surface area contributed by atoms with Crippen LogP contribution in [0.2, 0.25) is 0 Å². The molecule has 0 saturated carbocycles. The van der Waals surface area contributed by atoms with Crippen LogP contribution in [0.15, 0.2) is 12.1 Å². The summed E-state index contributed by atoms with van der Waals surface area (Å²) in [5.41, 5.74) is 5.49. The van der Waals surface area contributed by atoms with E-state index in [1.165, 1.54) is 0 Å². The molecule has 2 atom stereocenters. The summed E-state index contributed by atoms with van der Waals surface area (Å²) in [4.78, 5) is 2.17. The summed E-state index contributed by atoms with van der Waals surface area (Å²) >= 11 is 0. The predicted octanol–water partition coefficient (Wildman–Crippen LogP) is 0.672. The summed E-state index contributed by atoms with van der Waals surface area (Å²) in [6, 6.07) is 3.67. The van der Waals surface area contributed by atoms with E-state index >= 15 is 0 Å². The number of hydrogen-bond donors (Lipinski definition) is 1. The second kappa shape index (κ2) is 4.02. The third-order valence-electron chi connectivity index (χ3n) is 2.41. The number of ether oxygens (including phenoxy) is 1. The Morgan fingerprint density at radius 1 is 1.27 bits per heavy atom. The van der Waals surface area contributed by atoms with Gasteiger partial charge >= 0.3 is 0 Å². The topological polar surface area (TPSA) is 64.3 Å². The average Bonchev–Trinajstić information content (AvgIpc) is 2.17. The highest BCUT2D eigenvalue weighted by Crippen LogP contribution is 2.17. The molecule has 2 rings (SSSR count). The Labute approximate surface area is 89.2 Å². The minimum atomic E-state index is 0.230. The van der Waals surface area contributed by atoms with Crippen LogP contribution < -0.4 is 10.6 Å². The van der Waals surface area contributed by atoms with Crippen LogP contribution >= 0.6 is 0 Å². The van der Waals surface area contributed by atoms with Gasteiger partial charge in [0.25, 0.3) is 0 Å². The van der Waals surface area contributed by atoms with Gasteiger partial charge < -0.3 is 15.4 Å². The maximum absolute atomic E-state index is 5.65. The number of nitrogen functional groups attached to an aromatic ring is 1. The van der Waals surface area contributed by atoms with Gasteiger partial charge in [0.05, 0.1) is 12.2 Å². The molecule has 1 aliphatic heterocycles. The first-order valence-corrected chi connectivity index (χ1v) is 5.15. The third-order valence-corrected chi connectivity index (χ3v) is 2.41. The average molecular weight is 208 g/mol. The lowest BCUT2D eigenvalue weighted by molar-refractivity contribution is -0.00550. The molecule has 5 nitrogen and oxygen atoms in total. The van der Waals surface area contributed by atoms with Gasteiger partial charge in [-0.15, -0.1) is 10.2 Å². The van der Waals surface area contributed by atoms with Gasteiger partial charge in [0, 0.05) is 13.1 Å². The summed E-state index contributed by atoms with van der Waals surface area (Å²) in [7, 11) is 0. The quantitative estimate of drug-likeness (QED) is 0.735.